The van der Waals surface area contributed by atoms with E-state index in [0.29, 0.717) is 35.4 Å². The van der Waals surface area contributed by atoms with Crippen molar-refractivity contribution in [3.05, 3.63) is 11.1 Å². The van der Waals surface area contributed by atoms with Gasteiger partial charge in [-0.1, -0.05) is 74.8 Å². The van der Waals surface area contributed by atoms with Gasteiger partial charge in [-0.15, -0.1) is 0 Å². The third kappa shape index (κ3) is 4.75. The van der Waals surface area contributed by atoms with Crippen LogP contribution < -0.4 is 0 Å². The monoisotopic (exact) mass is 280 g/mol. The molecule has 0 atom stereocenters. The van der Waals surface area contributed by atoms with Gasteiger partial charge in [-0.05, 0) is 35.2 Å². The molecule has 0 radical (unpaired) electrons. The first-order chi connectivity index (χ1) is 9.02. The zero-order valence-corrected chi connectivity index (χ0v) is 15.4. The number of ketones is 1. The third-order valence-electron chi connectivity index (χ3n) is 4.14. The molecule has 0 aliphatic carbocycles. The highest BCUT2D eigenvalue weighted by Crippen LogP contribution is 2.33. The van der Waals surface area contributed by atoms with Gasteiger partial charge in [0.05, 0.1) is 0 Å². The van der Waals surface area contributed by atoms with E-state index in [4.69, 9.17) is 0 Å². The fourth-order valence-corrected chi connectivity index (χ4v) is 3.60. The first-order valence-electron chi connectivity index (χ1n) is 8.30. The first-order valence-corrected chi connectivity index (χ1v) is 8.30. The van der Waals surface area contributed by atoms with Crippen LogP contribution in [0.15, 0.2) is 11.1 Å². The predicted molar refractivity (Wildman–Crippen MR) is 89.7 cm³/mol. The van der Waals surface area contributed by atoms with Crippen molar-refractivity contribution in [1.82, 2.24) is 0 Å². The Morgan fingerprint density at radius 1 is 0.600 bits per heavy atom. The second-order valence-corrected chi connectivity index (χ2v) is 7.71. The highest BCUT2D eigenvalue weighted by molar-refractivity contribution is 5.98. The fraction of sp³-hybridized carbons (Fsp3) is 0.842. The predicted octanol–water partition coefficient (Wildman–Crippen LogP) is 5.75. The van der Waals surface area contributed by atoms with E-state index < -0.39 is 0 Å². The molecule has 0 fully saturated rings. The summed E-state index contributed by atoms with van der Waals surface area (Å²) < 4.78 is 0. The molecular formula is C19H36O. The molecule has 0 aromatic carbocycles. The maximum atomic E-state index is 13.2. The van der Waals surface area contributed by atoms with E-state index >= 15 is 0 Å². The molecule has 0 bridgehead atoms. The largest absolute Gasteiger partial charge is 0.294 e. The average molecular weight is 280 g/mol. The highest BCUT2D eigenvalue weighted by atomic mass is 16.1. The van der Waals surface area contributed by atoms with E-state index in [0.717, 1.165) is 5.57 Å². The van der Waals surface area contributed by atoms with Gasteiger partial charge in [-0.2, -0.15) is 0 Å². The summed E-state index contributed by atoms with van der Waals surface area (Å²) in [6.07, 6.45) is 0. The van der Waals surface area contributed by atoms with Gasteiger partial charge in [0, 0.05) is 5.92 Å². The number of carbonyl (C=O) groups is 1. The Kier molecular flexibility index (Phi) is 7.76. The molecule has 0 unspecified atom stereocenters. The number of Topliss-reactive ketones (excluding diaryl/α,β-unsaturated/α-hetero) is 1. The highest BCUT2D eigenvalue weighted by Gasteiger charge is 2.31. The van der Waals surface area contributed by atoms with Crippen LogP contribution >= 0.6 is 0 Å². The summed E-state index contributed by atoms with van der Waals surface area (Å²) in [4.78, 5) is 13.2. The molecule has 0 saturated carbocycles. The Bertz CT molecular complexity index is 325. The molecule has 0 aromatic heterocycles. The van der Waals surface area contributed by atoms with E-state index in [9.17, 15) is 4.79 Å². The van der Waals surface area contributed by atoms with Crippen LogP contribution in [0.5, 0.6) is 0 Å². The quantitative estimate of drug-likeness (QED) is 0.543. The topological polar surface area (TPSA) is 17.1 Å². The van der Waals surface area contributed by atoms with Gasteiger partial charge in [0.2, 0.25) is 0 Å². The molecule has 0 aliphatic rings. The van der Waals surface area contributed by atoms with Crippen LogP contribution in [0.25, 0.3) is 0 Å². The molecule has 1 heteroatoms. The molecule has 0 rings (SSSR count). The van der Waals surface area contributed by atoms with Crippen LogP contribution in [0, 0.1) is 35.5 Å². The third-order valence-corrected chi connectivity index (χ3v) is 4.14. The SMILES string of the molecule is CC(C)C(C(=O)C(C(C)C)C(C)C)=C(C(C)C)C(C)C. The van der Waals surface area contributed by atoms with Crippen molar-refractivity contribution in [1.29, 1.82) is 0 Å². The van der Waals surface area contributed by atoms with Crippen LogP contribution in [0.3, 0.4) is 0 Å². The Balaban J connectivity index is 5.93. The first kappa shape index (κ1) is 19.4. The molecule has 0 amide bonds. The van der Waals surface area contributed by atoms with Gasteiger partial charge in [-0.3, -0.25) is 4.79 Å². The molecule has 0 spiro atoms. The summed E-state index contributed by atoms with van der Waals surface area (Å²) in [5.41, 5.74) is 2.46. The molecule has 1 nitrogen and oxygen atoms in total. The molecular weight excluding hydrogens is 244 g/mol. The molecule has 0 N–H and O–H groups in total. The molecule has 0 aliphatic heterocycles. The summed E-state index contributed by atoms with van der Waals surface area (Å²) in [6.45, 7) is 21.9. The maximum Gasteiger partial charge on any atom is 0.162 e. The van der Waals surface area contributed by atoms with Gasteiger partial charge in [0.25, 0.3) is 0 Å². The summed E-state index contributed by atoms with van der Waals surface area (Å²) in [5.74, 6) is 2.52. The lowest BCUT2D eigenvalue weighted by atomic mass is 9.73. The van der Waals surface area contributed by atoms with Crippen molar-refractivity contribution in [3.8, 4) is 0 Å². The van der Waals surface area contributed by atoms with Crippen molar-refractivity contribution >= 4 is 5.78 Å². The Morgan fingerprint density at radius 2 is 0.950 bits per heavy atom. The summed E-state index contributed by atoms with van der Waals surface area (Å²) >= 11 is 0. The van der Waals surface area contributed by atoms with E-state index in [1.54, 1.807) is 0 Å². The maximum absolute atomic E-state index is 13.2. The van der Waals surface area contributed by atoms with Crippen LogP contribution in [-0.4, -0.2) is 5.78 Å². The van der Waals surface area contributed by atoms with E-state index in [1.165, 1.54) is 5.57 Å². The number of hydrogen-bond acceptors (Lipinski definition) is 1. The average Bonchev–Trinajstić information content (AvgIpc) is 2.22. The van der Waals surface area contributed by atoms with Crippen LogP contribution in [0.4, 0.5) is 0 Å². The minimum atomic E-state index is 0.139. The molecule has 118 valence electrons. The molecule has 0 aromatic rings. The number of rotatable bonds is 7. The summed E-state index contributed by atoms with van der Waals surface area (Å²) in [6, 6.07) is 0. The van der Waals surface area contributed by atoms with Crippen molar-refractivity contribution in [3.63, 3.8) is 0 Å². The summed E-state index contributed by atoms with van der Waals surface area (Å²) in [5, 5.41) is 0. The van der Waals surface area contributed by atoms with Crippen LogP contribution in [0.1, 0.15) is 69.2 Å². The van der Waals surface area contributed by atoms with Crippen LogP contribution in [0.2, 0.25) is 0 Å². The number of allylic oxidation sites excluding steroid dienone is 2. The van der Waals surface area contributed by atoms with Crippen LogP contribution in [-0.2, 0) is 4.79 Å². The van der Waals surface area contributed by atoms with E-state index in [2.05, 4.69) is 69.2 Å². The Hall–Kier alpha value is -0.590. The van der Waals surface area contributed by atoms with E-state index in [1.807, 2.05) is 0 Å². The second-order valence-electron chi connectivity index (χ2n) is 7.71. The van der Waals surface area contributed by atoms with Gasteiger partial charge in [0.1, 0.15) is 0 Å². The molecule has 0 heterocycles. The standard InChI is InChI=1S/C19H36O/c1-11(2)16(12(3)4)18(15(9)10)19(20)17(13(5)6)14(7)8/h11-15,17H,1-10H3. The van der Waals surface area contributed by atoms with Crippen molar-refractivity contribution < 1.29 is 4.79 Å². The smallest absolute Gasteiger partial charge is 0.162 e. The zero-order chi connectivity index (χ0) is 16.2. The minimum Gasteiger partial charge on any atom is -0.294 e. The Morgan fingerprint density at radius 3 is 1.15 bits per heavy atom. The number of carbonyl (C=O) groups excluding carboxylic acids is 1. The molecule has 20 heavy (non-hydrogen) atoms. The lowest BCUT2D eigenvalue weighted by Crippen LogP contribution is -2.30. The van der Waals surface area contributed by atoms with Crippen molar-refractivity contribution in [2.75, 3.05) is 0 Å². The van der Waals surface area contributed by atoms with Crippen molar-refractivity contribution in [2.24, 2.45) is 35.5 Å². The van der Waals surface area contributed by atoms with Gasteiger partial charge >= 0.3 is 0 Å². The number of hydrogen-bond donors (Lipinski definition) is 0. The van der Waals surface area contributed by atoms with Gasteiger partial charge in [-0.25, -0.2) is 0 Å². The van der Waals surface area contributed by atoms with E-state index in [-0.39, 0.29) is 5.92 Å². The Labute approximate surface area is 127 Å². The fourth-order valence-electron chi connectivity index (χ4n) is 3.60. The van der Waals surface area contributed by atoms with Gasteiger partial charge < -0.3 is 0 Å². The normalized spacial score (nSPS) is 12.4. The minimum absolute atomic E-state index is 0.139. The lowest BCUT2D eigenvalue weighted by molar-refractivity contribution is -0.122. The van der Waals surface area contributed by atoms with Gasteiger partial charge in [0.15, 0.2) is 5.78 Å². The zero-order valence-electron chi connectivity index (χ0n) is 15.4. The lowest BCUT2D eigenvalue weighted by Gasteiger charge is -2.30. The molecule has 0 saturated heterocycles. The second kappa shape index (κ2) is 8.00. The summed E-state index contributed by atoms with van der Waals surface area (Å²) in [7, 11) is 0. The van der Waals surface area contributed by atoms with Crippen molar-refractivity contribution in [2.45, 2.75) is 69.2 Å².